The molecule has 1 N–H and O–H groups in total. The zero-order valence-corrected chi connectivity index (χ0v) is 84.4. The van der Waals surface area contributed by atoms with Crippen LogP contribution < -0.4 is 5.32 Å². The number of hydrogen-bond acceptors (Lipinski definition) is 16. The third kappa shape index (κ3) is 48.8. The van der Waals surface area contributed by atoms with E-state index in [9.17, 15) is 9.59 Å². The number of hydrogen-bond donors (Lipinski definition) is 1. The van der Waals surface area contributed by atoms with Crippen molar-refractivity contribution >= 4 is 37.6 Å². The fourth-order valence-corrected chi connectivity index (χ4v) is 19.5. The van der Waals surface area contributed by atoms with Gasteiger partial charge in [-0.25, -0.2) is 4.57 Å². The second-order valence-corrected chi connectivity index (χ2v) is 39.5. The number of phosphoric acid groups is 1. The maximum Gasteiger partial charge on any atom is 0.477 e. The van der Waals surface area contributed by atoms with Crippen molar-refractivity contribution in [3.05, 3.63) is 215 Å². The van der Waals surface area contributed by atoms with Gasteiger partial charge in [0.05, 0.1) is 51.8 Å². The molecule has 0 aliphatic carbocycles. The number of ether oxygens (including phenoxy) is 7. The molecule has 0 saturated carbocycles. The molecule has 0 unspecified atom stereocenters. The van der Waals surface area contributed by atoms with Gasteiger partial charge in [-0.2, -0.15) is 0 Å². The van der Waals surface area contributed by atoms with Crippen LogP contribution in [-0.4, -0.2) is 85.3 Å². The number of phosphoric ester groups is 1. The highest BCUT2D eigenvalue weighted by Gasteiger charge is 2.55. The van der Waals surface area contributed by atoms with Gasteiger partial charge in [0, 0.05) is 12.8 Å². The first-order valence-corrected chi connectivity index (χ1v) is 55.1. The Labute approximate surface area is 810 Å². The minimum absolute atomic E-state index is 0.173. The van der Waals surface area contributed by atoms with Crippen LogP contribution in [0.25, 0.3) is 0 Å². The summed E-state index contributed by atoms with van der Waals surface area (Å²) in [4.78, 5) is 77.4. The molecule has 0 aromatic heterocycles. The first-order chi connectivity index (χ1) is 65.8. The number of esters is 4. The van der Waals surface area contributed by atoms with E-state index in [1.807, 2.05) is 182 Å². The average molecular weight is 1870 g/mol. The van der Waals surface area contributed by atoms with Gasteiger partial charge in [0.2, 0.25) is 5.91 Å². The molecule has 17 nitrogen and oxygen atoms in total. The number of rotatable bonds is 82. The van der Waals surface area contributed by atoms with Crippen molar-refractivity contribution in [2.75, 3.05) is 6.61 Å². The third-order valence-electron chi connectivity index (χ3n) is 26.2. The van der Waals surface area contributed by atoms with E-state index >= 15 is 18.9 Å². The molecule has 7 rings (SSSR count). The lowest BCUT2D eigenvalue weighted by molar-refractivity contribution is -0.267. The number of carbonyl (C=O) groups excluding carboxylic acids is 5. The van der Waals surface area contributed by atoms with E-state index in [4.69, 9.17) is 46.7 Å². The molecule has 1 aliphatic rings. The quantitative estimate of drug-likeness (QED) is 0.0124. The predicted molar refractivity (Wildman–Crippen MR) is 543 cm³/mol. The standard InChI is InChI=1S/C116H176NO16P/c1-6-11-16-21-26-31-33-38-43-48-71-88-108(119)128-104(86-69-46-41-36-29-24-19-14-9-4)91-110(121)131-113-106(96-125-116(100-79-62-53-63-80-100,101-81-64-54-65-82-101)102-83-66-55-67-84-102)130-115(133-134(123,126-94-98-75-58-51-59-76-98)127-95-99-77-60-52-61-78-99)112(117-107(118)90-103(124-93-97-73-56-50-57-74-97)85-68-45-40-35-28-23-18-13-8-3)114(113)132-111(122)92-105(87-70-47-42-37-30-25-20-15-10-5)129-109(120)89-72-49-44-39-34-32-27-22-17-12-7-2/h50-67,73-84,103-106,112-115H,6-49,68-72,85-96H2,1-5H3,(H,117,118)/t103-,104-,105-,106-,112-,113-,114-,115-/m1/s1. The van der Waals surface area contributed by atoms with Crippen LogP contribution in [0.3, 0.4) is 0 Å². The van der Waals surface area contributed by atoms with E-state index in [1.54, 1.807) is 0 Å². The summed E-state index contributed by atoms with van der Waals surface area (Å²) in [6, 6.07) is 55.9. The summed E-state index contributed by atoms with van der Waals surface area (Å²) in [5, 5.41) is 3.25. The predicted octanol–water partition coefficient (Wildman–Crippen LogP) is 31.3. The van der Waals surface area contributed by atoms with Crippen molar-refractivity contribution in [3.63, 3.8) is 0 Å². The van der Waals surface area contributed by atoms with Crippen molar-refractivity contribution < 1.29 is 75.3 Å². The lowest BCUT2D eigenvalue weighted by Crippen LogP contribution is -2.67. The van der Waals surface area contributed by atoms with Gasteiger partial charge < -0.3 is 38.5 Å². The lowest BCUT2D eigenvalue weighted by Gasteiger charge is -2.46. The van der Waals surface area contributed by atoms with Gasteiger partial charge in [-0.05, 0) is 78.3 Å². The molecule has 1 saturated heterocycles. The molecule has 0 bridgehead atoms. The van der Waals surface area contributed by atoms with Crippen LogP contribution >= 0.6 is 7.82 Å². The number of benzene rings is 6. The van der Waals surface area contributed by atoms with Crippen molar-refractivity contribution in [2.45, 2.75) is 475 Å². The molecule has 6 aromatic rings. The molecule has 1 aliphatic heterocycles. The SMILES string of the molecule is CCCCCCCCCCCCCC(=O)O[C@H](CCCCCCCCCCC)CC(=O)O[C@@H]1[C@@H](NC(=O)C[C@@H](CCCCCCCCCCC)OCc2ccccc2)[C@@H](OP(=O)(OCc2ccccc2)OCc2ccccc2)O[C@H](COC(c2ccccc2)(c2ccccc2)c2ccccc2)[C@H]1OC(=O)C[C@@H](CCCCCCCCCCC)OC(=O)CCCCCCCCCCCCC. The molecule has 1 fully saturated rings. The average Bonchev–Trinajstić information content (AvgIpc) is 0.749. The third-order valence-corrected chi connectivity index (χ3v) is 27.6. The topological polar surface area (TPSA) is 207 Å². The second kappa shape index (κ2) is 72.9. The van der Waals surface area contributed by atoms with E-state index < -0.39 is 112 Å². The van der Waals surface area contributed by atoms with Crippen LogP contribution in [0.15, 0.2) is 182 Å². The van der Waals surface area contributed by atoms with Crippen LogP contribution in [-0.2, 0) is 101 Å². The molecule has 18 heteroatoms. The maximum absolute atomic E-state index is 16.5. The fraction of sp³-hybridized carbons (Fsp3) is 0.647. The molecule has 6 aromatic carbocycles. The Bertz CT molecular complexity index is 3810. The van der Waals surface area contributed by atoms with Crippen molar-refractivity contribution in [2.24, 2.45) is 0 Å². The summed E-state index contributed by atoms with van der Waals surface area (Å²) >= 11 is 0. The Balaban J connectivity index is 1.39. The van der Waals surface area contributed by atoms with Gasteiger partial charge >= 0.3 is 31.7 Å². The first-order valence-electron chi connectivity index (χ1n) is 53.6. The summed E-state index contributed by atoms with van der Waals surface area (Å²) in [6.45, 7) is 10.4. The molecular weight excluding hydrogens is 1690 g/mol. The second-order valence-electron chi connectivity index (χ2n) is 37.9. The van der Waals surface area contributed by atoms with Gasteiger partial charge in [0.25, 0.3) is 0 Å². The lowest BCUT2D eigenvalue weighted by atomic mass is 9.80. The molecule has 0 spiro atoms. The molecule has 746 valence electrons. The van der Waals surface area contributed by atoms with Crippen molar-refractivity contribution in [1.29, 1.82) is 0 Å². The van der Waals surface area contributed by atoms with Crippen LogP contribution in [0.5, 0.6) is 0 Å². The van der Waals surface area contributed by atoms with Gasteiger partial charge in [0.1, 0.15) is 30.0 Å². The fourth-order valence-electron chi connectivity index (χ4n) is 18.3. The van der Waals surface area contributed by atoms with Gasteiger partial charge in [0.15, 0.2) is 18.5 Å². The smallest absolute Gasteiger partial charge is 0.462 e. The Morgan fingerprint density at radius 2 is 0.612 bits per heavy atom. The highest BCUT2D eigenvalue weighted by atomic mass is 31.2. The molecule has 1 heterocycles. The highest BCUT2D eigenvalue weighted by Crippen LogP contribution is 2.54. The van der Waals surface area contributed by atoms with Crippen LogP contribution in [0.2, 0.25) is 0 Å². The van der Waals surface area contributed by atoms with Gasteiger partial charge in [-0.15, -0.1) is 0 Å². The van der Waals surface area contributed by atoms with E-state index in [0.717, 1.165) is 151 Å². The summed E-state index contributed by atoms with van der Waals surface area (Å²) in [5.74, 6) is -3.04. The van der Waals surface area contributed by atoms with Crippen LogP contribution in [0, 0.1) is 0 Å². The van der Waals surface area contributed by atoms with Crippen LogP contribution in [0.1, 0.15) is 434 Å². The van der Waals surface area contributed by atoms with E-state index in [1.165, 1.54) is 161 Å². The number of amides is 1. The highest BCUT2D eigenvalue weighted by molar-refractivity contribution is 7.48. The zero-order chi connectivity index (χ0) is 95.1. The summed E-state index contributed by atoms with van der Waals surface area (Å²) in [6.07, 6.45) is 44.4. The van der Waals surface area contributed by atoms with E-state index in [-0.39, 0.29) is 39.1 Å². The van der Waals surface area contributed by atoms with Crippen LogP contribution in [0.4, 0.5) is 0 Å². The number of carbonyl (C=O) groups is 5. The molecule has 134 heavy (non-hydrogen) atoms. The Hall–Kier alpha value is -7.34. The van der Waals surface area contributed by atoms with Gasteiger partial charge in [-0.3, -0.25) is 37.5 Å². The number of unbranched alkanes of at least 4 members (excludes halogenated alkanes) is 44. The van der Waals surface area contributed by atoms with E-state index in [2.05, 4.69) is 39.9 Å². The molecule has 0 radical (unpaired) electrons. The summed E-state index contributed by atoms with van der Waals surface area (Å²) < 4.78 is 85.8. The molecular formula is C116H176NO16P. The Morgan fingerprint density at radius 1 is 0.328 bits per heavy atom. The number of nitrogens with one attached hydrogen (secondary N) is 1. The Kier molecular flexibility index (Phi) is 61.8. The zero-order valence-electron chi connectivity index (χ0n) is 83.6. The Morgan fingerprint density at radius 3 is 0.940 bits per heavy atom. The summed E-state index contributed by atoms with van der Waals surface area (Å²) in [7, 11) is -5.00. The largest absolute Gasteiger partial charge is 0.477 e. The van der Waals surface area contributed by atoms with Gasteiger partial charge in [-0.1, -0.05) is 506 Å². The minimum Gasteiger partial charge on any atom is -0.462 e. The van der Waals surface area contributed by atoms with Crippen molar-refractivity contribution in [1.82, 2.24) is 5.32 Å². The monoisotopic (exact) mass is 1870 g/mol. The first kappa shape index (κ1) is 114. The minimum atomic E-state index is -5.00. The maximum atomic E-state index is 16.5. The molecule has 1 amide bonds. The molecule has 8 atom stereocenters. The van der Waals surface area contributed by atoms with E-state index in [0.29, 0.717) is 56.1 Å². The van der Waals surface area contributed by atoms with Crippen molar-refractivity contribution in [3.8, 4) is 0 Å². The summed E-state index contributed by atoms with van der Waals surface area (Å²) in [5.41, 5.74) is 2.94. The normalized spacial score (nSPS) is 15.8.